The lowest BCUT2D eigenvalue weighted by Gasteiger charge is -2.31. The number of rotatable bonds is 2. The molecule has 23 heavy (non-hydrogen) atoms. The highest BCUT2D eigenvalue weighted by Crippen LogP contribution is 2.25. The number of morpholine rings is 2. The fourth-order valence-corrected chi connectivity index (χ4v) is 2.63. The average Bonchev–Trinajstić information content (AvgIpc) is 2.66. The third-order valence-electron chi connectivity index (χ3n) is 3.48. The lowest BCUT2D eigenvalue weighted by molar-refractivity contribution is 0.122. The average molecular weight is 344 g/mol. The van der Waals surface area contributed by atoms with Gasteiger partial charge in [-0.25, -0.2) is 4.98 Å². The van der Waals surface area contributed by atoms with Crippen LogP contribution in [0.25, 0.3) is 0 Å². The summed E-state index contributed by atoms with van der Waals surface area (Å²) in [6.07, 6.45) is 0. The number of hydrogen-bond donors (Lipinski definition) is 0. The Bertz CT molecular complexity index is 398. The summed E-state index contributed by atoms with van der Waals surface area (Å²) < 4.78 is 10.7. The Hall–Kier alpha value is -1.04. The number of anilines is 2. The van der Waals surface area contributed by atoms with Gasteiger partial charge in [0.25, 0.3) is 0 Å². The molecule has 2 fully saturated rings. The normalized spacial score (nSPS) is 17.6. The summed E-state index contributed by atoms with van der Waals surface area (Å²) in [7, 11) is 0. The zero-order chi connectivity index (χ0) is 17.1. The van der Waals surface area contributed by atoms with E-state index in [0.717, 1.165) is 64.1 Å². The van der Waals surface area contributed by atoms with Crippen LogP contribution in [0.15, 0.2) is 12.1 Å². The lowest BCUT2D eigenvalue weighted by atomic mass is 10.3. The third-order valence-corrected chi connectivity index (χ3v) is 3.67. The molecule has 0 atom stereocenters. The van der Waals surface area contributed by atoms with Crippen molar-refractivity contribution in [1.82, 2.24) is 4.98 Å². The van der Waals surface area contributed by atoms with Crippen LogP contribution in [-0.2, 0) is 9.47 Å². The van der Waals surface area contributed by atoms with E-state index in [1.807, 2.05) is 33.8 Å². The first-order valence-corrected chi connectivity index (χ1v) is 9.04. The molecule has 3 rings (SSSR count). The standard InChI is InChI=1S/C13H18ClN3O2.2C2H6/c14-12-9-11(16-1-5-18-6-2-16)10-13(15-12)17-3-7-19-8-4-17;2*1-2/h9-10H,1-8H2;2*1-2H3. The van der Waals surface area contributed by atoms with Gasteiger partial charge < -0.3 is 19.3 Å². The van der Waals surface area contributed by atoms with Gasteiger partial charge in [0.2, 0.25) is 0 Å². The highest BCUT2D eigenvalue weighted by Gasteiger charge is 2.17. The first kappa shape index (κ1) is 20.0. The van der Waals surface area contributed by atoms with Crippen molar-refractivity contribution in [3.8, 4) is 0 Å². The summed E-state index contributed by atoms with van der Waals surface area (Å²) in [4.78, 5) is 8.94. The van der Waals surface area contributed by atoms with Crippen molar-refractivity contribution in [1.29, 1.82) is 0 Å². The minimum Gasteiger partial charge on any atom is -0.378 e. The number of aromatic nitrogens is 1. The molecule has 0 bridgehead atoms. The van der Waals surface area contributed by atoms with Gasteiger partial charge in [0, 0.05) is 37.9 Å². The van der Waals surface area contributed by atoms with Gasteiger partial charge in [0.15, 0.2) is 0 Å². The zero-order valence-corrected chi connectivity index (χ0v) is 15.6. The molecule has 132 valence electrons. The number of nitrogens with zero attached hydrogens (tertiary/aromatic N) is 3. The van der Waals surface area contributed by atoms with Crippen molar-refractivity contribution in [3.05, 3.63) is 17.3 Å². The van der Waals surface area contributed by atoms with E-state index in [9.17, 15) is 0 Å². The monoisotopic (exact) mass is 343 g/mol. The van der Waals surface area contributed by atoms with Crippen LogP contribution < -0.4 is 9.80 Å². The van der Waals surface area contributed by atoms with Crippen LogP contribution in [-0.4, -0.2) is 57.6 Å². The maximum atomic E-state index is 6.16. The highest BCUT2D eigenvalue weighted by atomic mass is 35.5. The molecule has 0 saturated carbocycles. The number of pyridine rings is 1. The van der Waals surface area contributed by atoms with Gasteiger partial charge in [-0.15, -0.1) is 0 Å². The van der Waals surface area contributed by atoms with Crippen molar-refractivity contribution in [2.24, 2.45) is 0 Å². The van der Waals surface area contributed by atoms with Crippen molar-refractivity contribution in [2.75, 3.05) is 62.4 Å². The molecule has 0 N–H and O–H groups in total. The van der Waals surface area contributed by atoms with Gasteiger partial charge in [0.1, 0.15) is 11.0 Å². The van der Waals surface area contributed by atoms with Crippen LogP contribution in [0.1, 0.15) is 27.7 Å². The predicted octanol–water partition coefficient (Wildman–Crippen LogP) is 3.46. The molecule has 2 saturated heterocycles. The molecule has 3 heterocycles. The first-order valence-electron chi connectivity index (χ1n) is 8.66. The van der Waals surface area contributed by atoms with E-state index in [1.165, 1.54) is 0 Å². The molecule has 2 aliphatic heterocycles. The Morgan fingerprint density at radius 3 is 1.83 bits per heavy atom. The third kappa shape index (κ3) is 6.16. The van der Waals surface area contributed by atoms with Crippen LogP contribution in [0.3, 0.4) is 0 Å². The van der Waals surface area contributed by atoms with Gasteiger partial charge in [0.05, 0.1) is 26.4 Å². The molecule has 1 aromatic heterocycles. The number of ether oxygens (including phenoxy) is 2. The number of halogens is 1. The van der Waals surface area contributed by atoms with Crippen LogP contribution in [0.5, 0.6) is 0 Å². The largest absolute Gasteiger partial charge is 0.378 e. The molecule has 0 radical (unpaired) electrons. The summed E-state index contributed by atoms with van der Waals surface area (Å²) in [6.45, 7) is 14.6. The summed E-state index contributed by atoms with van der Waals surface area (Å²) in [5.41, 5.74) is 1.13. The minimum absolute atomic E-state index is 0.547. The Kier molecular flexibility index (Phi) is 9.99. The van der Waals surface area contributed by atoms with Gasteiger partial charge in [-0.3, -0.25) is 0 Å². The predicted molar refractivity (Wildman–Crippen MR) is 98.0 cm³/mol. The molecule has 1 aromatic rings. The Labute approximate surface area is 145 Å². The van der Waals surface area contributed by atoms with Crippen LogP contribution >= 0.6 is 11.6 Å². The van der Waals surface area contributed by atoms with Gasteiger partial charge in [-0.2, -0.15) is 0 Å². The van der Waals surface area contributed by atoms with Crippen molar-refractivity contribution in [2.45, 2.75) is 27.7 Å². The van der Waals surface area contributed by atoms with Gasteiger partial charge in [-0.05, 0) is 6.07 Å². The van der Waals surface area contributed by atoms with Crippen molar-refractivity contribution in [3.63, 3.8) is 0 Å². The van der Waals surface area contributed by atoms with Gasteiger partial charge >= 0.3 is 0 Å². The van der Waals surface area contributed by atoms with Crippen molar-refractivity contribution < 1.29 is 9.47 Å². The van der Waals surface area contributed by atoms with Crippen molar-refractivity contribution >= 4 is 23.1 Å². The lowest BCUT2D eigenvalue weighted by Crippen LogP contribution is -2.38. The van der Waals surface area contributed by atoms with E-state index in [2.05, 4.69) is 20.9 Å². The topological polar surface area (TPSA) is 37.8 Å². The molecule has 5 nitrogen and oxygen atoms in total. The maximum absolute atomic E-state index is 6.16. The molecule has 0 spiro atoms. The van der Waals surface area contributed by atoms with Crippen LogP contribution in [0.2, 0.25) is 5.15 Å². The molecule has 0 aliphatic carbocycles. The Morgan fingerprint density at radius 2 is 1.30 bits per heavy atom. The van der Waals surface area contributed by atoms with Gasteiger partial charge in [-0.1, -0.05) is 39.3 Å². The molecule has 0 unspecified atom stereocenters. The molecular weight excluding hydrogens is 314 g/mol. The first-order chi connectivity index (χ1) is 11.3. The SMILES string of the molecule is CC.CC.Clc1cc(N2CCOCC2)cc(N2CCOCC2)n1. The molecule has 0 amide bonds. The molecule has 6 heteroatoms. The Balaban J connectivity index is 0.000000615. The van der Waals surface area contributed by atoms with E-state index in [1.54, 1.807) is 0 Å². The summed E-state index contributed by atoms with van der Waals surface area (Å²) in [5.74, 6) is 0.942. The fourth-order valence-electron chi connectivity index (χ4n) is 2.43. The molecule has 0 aromatic carbocycles. The van der Waals surface area contributed by atoms with E-state index < -0.39 is 0 Å². The maximum Gasteiger partial charge on any atom is 0.133 e. The van der Waals surface area contributed by atoms with E-state index in [-0.39, 0.29) is 0 Å². The van der Waals surface area contributed by atoms with E-state index in [0.29, 0.717) is 5.15 Å². The zero-order valence-electron chi connectivity index (χ0n) is 14.8. The van der Waals surface area contributed by atoms with Crippen LogP contribution in [0.4, 0.5) is 11.5 Å². The summed E-state index contributed by atoms with van der Waals surface area (Å²) in [5, 5.41) is 0.547. The fraction of sp³-hybridized carbons (Fsp3) is 0.706. The summed E-state index contributed by atoms with van der Waals surface area (Å²) in [6, 6.07) is 4.04. The van der Waals surface area contributed by atoms with E-state index in [4.69, 9.17) is 21.1 Å². The molecular formula is C17H30ClN3O2. The second kappa shape index (κ2) is 11.5. The minimum atomic E-state index is 0.547. The molecule has 2 aliphatic rings. The van der Waals surface area contributed by atoms with Crippen LogP contribution in [0, 0.1) is 0 Å². The smallest absolute Gasteiger partial charge is 0.133 e. The summed E-state index contributed by atoms with van der Waals surface area (Å²) >= 11 is 6.16. The second-order valence-corrected chi connectivity index (χ2v) is 5.09. The highest BCUT2D eigenvalue weighted by molar-refractivity contribution is 6.29. The quantitative estimate of drug-likeness (QED) is 0.769. The van der Waals surface area contributed by atoms with E-state index >= 15 is 0 Å². The Morgan fingerprint density at radius 1 is 0.826 bits per heavy atom. The second-order valence-electron chi connectivity index (χ2n) is 4.71. The number of hydrogen-bond acceptors (Lipinski definition) is 5.